The van der Waals surface area contributed by atoms with Crippen LogP contribution in [0.2, 0.25) is 0 Å². The number of hydrogen-bond donors (Lipinski definition) is 0. The minimum absolute atomic E-state index is 0.109. The second-order valence-electron chi connectivity index (χ2n) is 7.05. The van der Waals surface area contributed by atoms with Crippen molar-refractivity contribution in [2.24, 2.45) is 0 Å². The number of hydrogen-bond acceptors (Lipinski definition) is 4. The molecule has 0 fully saturated rings. The molecule has 0 bridgehead atoms. The van der Waals surface area contributed by atoms with E-state index >= 15 is 0 Å². The largest absolute Gasteiger partial charge is 0.433 e. The molecule has 0 saturated heterocycles. The molecule has 158 valence electrons. The molecule has 5 rings (SSSR count). The molecule has 5 nitrogen and oxygen atoms in total. The number of halogens is 3. The van der Waals surface area contributed by atoms with E-state index < -0.39 is 17.8 Å². The summed E-state index contributed by atoms with van der Waals surface area (Å²) in [5, 5.41) is 5.47. The first-order chi connectivity index (χ1) is 15.4. The van der Waals surface area contributed by atoms with Crippen LogP contribution in [-0.4, -0.2) is 20.6 Å². The number of carbonyl (C=O) groups excluding carboxylic acids is 1. The monoisotopic (exact) mass is 433 g/mol. The van der Waals surface area contributed by atoms with Gasteiger partial charge >= 0.3 is 12.1 Å². The van der Waals surface area contributed by atoms with Crippen molar-refractivity contribution in [2.75, 3.05) is 0 Å². The summed E-state index contributed by atoms with van der Waals surface area (Å²) in [6.45, 7) is 0. The highest BCUT2D eigenvalue weighted by Gasteiger charge is 2.36. The minimum Gasteiger partial charge on any atom is -0.422 e. The van der Waals surface area contributed by atoms with E-state index in [2.05, 4.69) is 10.1 Å². The van der Waals surface area contributed by atoms with Gasteiger partial charge in [-0.2, -0.15) is 18.3 Å². The van der Waals surface area contributed by atoms with E-state index in [1.165, 1.54) is 6.07 Å². The fourth-order valence-corrected chi connectivity index (χ4v) is 3.51. The summed E-state index contributed by atoms with van der Waals surface area (Å²) in [7, 11) is 0. The van der Waals surface area contributed by atoms with Crippen molar-refractivity contribution in [1.82, 2.24) is 14.6 Å². The van der Waals surface area contributed by atoms with Crippen molar-refractivity contribution < 1.29 is 22.7 Å². The highest BCUT2D eigenvalue weighted by molar-refractivity contribution is 5.96. The van der Waals surface area contributed by atoms with Gasteiger partial charge in [-0.3, -0.25) is 0 Å². The molecular weight excluding hydrogens is 419 g/mol. The van der Waals surface area contributed by atoms with E-state index in [1.807, 2.05) is 30.3 Å². The lowest BCUT2D eigenvalue weighted by molar-refractivity contribution is -0.142. The van der Waals surface area contributed by atoms with E-state index in [0.717, 1.165) is 16.8 Å². The summed E-state index contributed by atoms with van der Waals surface area (Å²) in [4.78, 5) is 16.8. The Kier molecular flexibility index (Phi) is 4.62. The summed E-state index contributed by atoms with van der Waals surface area (Å²) >= 11 is 0. The van der Waals surface area contributed by atoms with Crippen LogP contribution in [0, 0.1) is 0 Å². The zero-order valence-electron chi connectivity index (χ0n) is 16.4. The third kappa shape index (κ3) is 3.56. The molecule has 0 N–H and O–H groups in total. The molecule has 0 spiro atoms. The molecule has 32 heavy (non-hydrogen) atoms. The van der Waals surface area contributed by atoms with Crippen molar-refractivity contribution in [1.29, 1.82) is 0 Å². The number of fused-ring (bicyclic) bond motifs is 2. The lowest BCUT2D eigenvalue weighted by atomic mass is 10.0. The van der Waals surface area contributed by atoms with E-state index in [-0.39, 0.29) is 22.8 Å². The lowest BCUT2D eigenvalue weighted by Gasteiger charge is -2.12. The quantitative estimate of drug-likeness (QED) is 0.267. The average Bonchev–Trinajstić information content (AvgIpc) is 3.22. The third-order valence-corrected chi connectivity index (χ3v) is 4.95. The lowest BCUT2D eigenvalue weighted by Crippen LogP contribution is -2.15. The van der Waals surface area contributed by atoms with Gasteiger partial charge in [0, 0.05) is 11.6 Å². The Balaban J connectivity index is 1.66. The predicted octanol–water partition coefficient (Wildman–Crippen LogP) is 5.79. The fraction of sp³-hybridized carbons (Fsp3) is 0.0417. The summed E-state index contributed by atoms with van der Waals surface area (Å²) in [5.41, 5.74) is -0.746. The zero-order chi connectivity index (χ0) is 22.3. The SMILES string of the molecule is O=C(Oc1ccccc1)c1cc2nc(-c3cccc4ccccc34)cc(C(F)(F)F)n2n1. The molecule has 0 aliphatic carbocycles. The number of esters is 1. The normalized spacial score (nSPS) is 11.7. The summed E-state index contributed by atoms with van der Waals surface area (Å²) in [6.07, 6.45) is -4.72. The summed E-state index contributed by atoms with van der Waals surface area (Å²) in [5.74, 6) is -0.614. The molecule has 0 amide bonds. The molecule has 2 heterocycles. The van der Waals surface area contributed by atoms with Crippen LogP contribution in [0.15, 0.2) is 84.9 Å². The first-order valence-corrected chi connectivity index (χ1v) is 9.63. The van der Waals surface area contributed by atoms with Gasteiger partial charge in [-0.25, -0.2) is 14.3 Å². The number of ether oxygens (including phenoxy) is 1. The fourth-order valence-electron chi connectivity index (χ4n) is 3.51. The first-order valence-electron chi connectivity index (χ1n) is 9.63. The van der Waals surface area contributed by atoms with Crippen LogP contribution in [0.3, 0.4) is 0 Å². The topological polar surface area (TPSA) is 56.5 Å². The maximum atomic E-state index is 13.9. The molecule has 0 radical (unpaired) electrons. The molecule has 8 heteroatoms. The molecule has 2 aromatic heterocycles. The standard InChI is InChI=1S/C24H14F3N3O2/c25-24(26,27)21-13-19(18-12-6-8-15-7-4-5-11-17(15)18)28-22-14-20(29-30(21)22)23(31)32-16-9-2-1-3-10-16/h1-14H. The van der Waals surface area contributed by atoms with Gasteiger partial charge in [0.1, 0.15) is 5.75 Å². The first kappa shape index (κ1) is 19.7. The maximum absolute atomic E-state index is 13.9. The average molecular weight is 433 g/mol. The molecule has 5 aromatic rings. The van der Waals surface area contributed by atoms with Crippen LogP contribution >= 0.6 is 0 Å². The highest BCUT2D eigenvalue weighted by atomic mass is 19.4. The molecule has 0 aliphatic rings. The van der Waals surface area contributed by atoms with Crippen LogP contribution in [0.4, 0.5) is 13.2 Å². The molecule has 0 unspecified atom stereocenters. The van der Waals surface area contributed by atoms with Crippen LogP contribution in [-0.2, 0) is 6.18 Å². The van der Waals surface area contributed by atoms with Gasteiger partial charge in [-0.15, -0.1) is 0 Å². The smallest absolute Gasteiger partial charge is 0.422 e. The van der Waals surface area contributed by atoms with Gasteiger partial charge in [0.05, 0.1) is 5.69 Å². The third-order valence-electron chi connectivity index (χ3n) is 4.95. The number of nitrogens with zero attached hydrogens (tertiary/aromatic N) is 3. The van der Waals surface area contributed by atoms with Crippen molar-refractivity contribution in [3.63, 3.8) is 0 Å². The number of alkyl halides is 3. The number of benzene rings is 3. The van der Waals surface area contributed by atoms with Crippen molar-refractivity contribution in [3.8, 4) is 17.0 Å². The van der Waals surface area contributed by atoms with E-state index in [0.29, 0.717) is 10.1 Å². The van der Waals surface area contributed by atoms with Crippen molar-refractivity contribution in [3.05, 3.63) is 96.3 Å². The number of para-hydroxylation sites is 1. The molecule has 0 saturated carbocycles. The maximum Gasteiger partial charge on any atom is 0.433 e. The van der Waals surface area contributed by atoms with Gasteiger partial charge in [-0.1, -0.05) is 60.7 Å². The van der Waals surface area contributed by atoms with Gasteiger partial charge in [-0.05, 0) is 29.0 Å². The molecule has 3 aromatic carbocycles. The van der Waals surface area contributed by atoms with Crippen molar-refractivity contribution >= 4 is 22.4 Å². The van der Waals surface area contributed by atoms with Gasteiger partial charge in [0.25, 0.3) is 0 Å². The van der Waals surface area contributed by atoms with Gasteiger partial charge in [0.15, 0.2) is 17.0 Å². The second kappa shape index (κ2) is 7.49. The van der Waals surface area contributed by atoms with Crippen LogP contribution in [0.5, 0.6) is 5.75 Å². The predicted molar refractivity (Wildman–Crippen MR) is 112 cm³/mol. The van der Waals surface area contributed by atoms with E-state index in [1.54, 1.807) is 42.5 Å². The minimum atomic E-state index is -4.72. The Labute approximate surface area is 179 Å². The van der Waals surface area contributed by atoms with E-state index in [9.17, 15) is 18.0 Å². The molecule has 0 aliphatic heterocycles. The number of rotatable bonds is 3. The summed E-state index contributed by atoms with van der Waals surface area (Å²) in [6, 6.07) is 23.0. The number of aromatic nitrogens is 3. The number of carbonyl (C=O) groups is 1. The Morgan fingerprint density at radius 2 is 1.59 bits per heavy atom. The second-order valence-corrected chi connectivity index (χ2v) is 7.05. The van der Waals surface area contributed by atoms with Crippen LogP contribution in [0.1, 0.15) is 16.2 Å². The summed E-state index contributed by atoms with van der Waals surface area (Å²) < 4.78 is 47.5. The Bertz CT molecular complexity index is 1460. The molecular formula is C24H14F3N3O2. The Hall–Kier alpha value is -4.20. The highest BCUT2D eigenvalue weighted by Crippen LogP contribution is 2.34. The van der Waals surface area contributed by atoms with Crippen LogP contribution < -0.4 is 4.74 Å². The Morgan fingerprint density at radius 3 is 2.38 bits per heavy atom. The Morgan fingerprint density at radius 1 is 0.875 bits per heavy atom. The van der Waals surface area contributed by atoms with Gasteiger partial charge in [0.2, 0.25) is 0 Å². The zero-order valence-corrected chi connectivity index (χ0v) is 16.4. The molecule has 0 atom stereocenters. The van der Waals surface area contributed by atoms with E-state index in [4.69, 9.17) is 4.74 Å². The van der Waals surface area contributed by atoms with Crippen molar-refractivity contribution in [2.45, 2.75) is 6.18 Å². The van der Waals surface area contributed by atoms with Gasteiger partial charge < -0.3 is 4.74 Å². The van der Waals surface area contributed by atoms with Crippen LogP contribution in [0.25, 0.3) is 27.7 Å².